The minimum Gasteiger partial charge on any atom is -0.372 e. The topological polar surface area (TPSA) is 47.0 Å². The molecule has 4 nitrogen and oxygen atoms in total. The van der Waals surface area contributed by atoms with Gasteiger partial charge in [-0.25, -0.2) is 0 Å². The lowest BCUT2D eigenvalue weighted by Gasteiger charge is -2.22. The molecule has 18 heavy (non-hydrogen) atoms. The molecular weight excluding hydrogens is 226 g/mol. The maximum Gasteiger partial charge on any atom is 0.0982 e. The molecule has 0 aliphatic carbocycles. The van der Waals surface area contributed by atoms with E-state index in [1.165, 1.54) is 32.4 Å². The number of ether oxygens (including phenoxy) is 1. The van der Waals surface area contributed by atoms with E-state index in [0.29, 0.717) is 0 Å². The van der Waals surface area contributed by atoms with E-state index < -0.39 is 0 Å². The van der Waals surface area contributed by atoms with Crippen molar-refractivity contribution in [2.24, 2.45) is 5.92 Å². The predicted molar refractivity (Wildman–Crippen MR) is 71.2 cm³/mol. The van der Waals surface area contributed by atoms with Gasteiger partial charge < -0.3 is 10.1 Å². The van der Waals surface area contributed by atoms with Crippen molar-refractivity contribution in [3.8, 4) is 0 Å². The molecular formula is C14H23N3O. The van der Waals surface area contributed by atoms with Gasteiger partial charge in [0, 0.05) is 19.0 Å². The Balaban J connectivity index is 1.60. The highest BCUT2D eigenvalue weighted by Gasteiger charge is 2.13. The third-order valence-electron chi connectivity index (χ3n) is 3.52. The van der Waals surface area contributed by atoms with E-state index in [1.807, 2.05) is 6.92 Å². The zero-order chi connectivity index (χ0) is 12.6. The minimum atomic E-state index is 0.0446. The molecule has 1 aromatic heterocycles. The normalized spacial score (nSPS) is 21.7. The highest BCUT2D eigenvalue weighted by atomic mass is 16.5. The summed E-state index contributed by atoms with van der Waals surface area (Å²) >= 11 is 0. The lowest BCUT2D eigenvalue weighted by Crippen LogP contribution is -2.29. The Morgan fingerprint density at radius 2 is 2.44 bits per heavy atom. The zero-order valence-corrected chi connectivity index (χ0v) is 11.1. The molecule has 0 radical (unpaired) electrons. The number of hydrogen-bond acceptors (Lipinski definition) is 4. The van der Waals surface area contributed by atoms with E-state index in [4.69, 9.17) is 4.74 Å². The molecule has 0 saturated carbocycles. The van der Waals surface area contributed by atoms with Gasteiger partial charge in [-0.2, -0.15) is 0 Å². The number of aromatic nitrogens is 2. The van der Waals surface area contributed by atoms with Gasteiger partial charge in [0.2, 0.25) is 0 Å². The number of nitrogens with zero attached hydrogens (tertiary/aromatic N) is 2. The fraction of sp³-hybridized carbons (Fsp3) is 0.714. The summed E-state index contributed by atoms with van der Waals surface area (Å²) in [6.45, 7) is 5.22. The van der Waals surface area contributed by atoms with Crippen molar-refractivity contribution < 1.29 is 4.74 Å². The van der Waals surface area contributed by atoms with Gasteiger partial charge in [-0.3, -0.25) is 9.97 Å². The predicted octanol–water partition coefficient (Wildman–Crippen LogP) is 2.33. The number of hydrogen-bond donors (Lipinski definition) is 1. The first-order valence-corrected chi connectivity index (χ1v) is 6.94. The van der Waals surface area contributed by atoms with Crippen LogP contribution in [-0.4, -0.2) is 29.7 Å². The summed E-state index contributed by atoms with van der Waals surface area (Å²) < 4.78 is 5.80. The Bertz CT molecular complexity index is 325. The molecule has 1 aliphatic rings. The average Bonchev–Trinajstić information content (AvgIpc) is 2.45. The third kappa shape index (κ3) is 4.35. The first kappa shape index (κ1) is 13.4. The number of rotatable bonds is 6. The standard InChI is InChI=1S/C14H23N3O/c1-12(14-11-16-7-8-17-14)18-9-3-5-13-4-2-6-15-10-13/h7-8,11-13,15H,2-6,9-10H2,1H3/t12-,13-/m1/s1. The first-order valence-electron chi connectivity index (χ1n) is 6.94. The molecule has 1 aromatic rings. The van der Waals surface area contributed by atoms with Crippen molar-refractivity contribution in [1.82, 2.24) is 15.3 Å². The van der Waals surface area contributed by atoms with Crippen molar-refractivity contribution in [1.29, 1.82) is 0 Å². The van der Waals surface area contributed by atoms with Crippen LogP contribution in [0.5, 0.6) is 0 Å². The minimum absolute atomic E-state index is 0.0446. The molecule has 2 heterocycles. The van der Waals surface area contributed by atoms with E-state index in [1.54, 1.807) is 18.6 Å². The number of piperidine rings is 1. The molecule has 100 valence electrons. The molecule has 1 saturated heterocycles. The Labute approximate surface area is 109 Å². The van der Waals surface area contributed by atoms with Crippen molar-refractivity contribution in [3.05, 3.63) is 24.3 Å². The van der Waals surface area contributed by atoms with E-state index >= 15 is 0 Å². The van der Waals surface area contributed by atoms with Crippen LogP contribution in [0.2, 0.25) is 0 Å². The van der Waals surface area contributed by atoms with Crippen LogP contribution in [-0.2, 0) is 4.74 Å². The quantitative estimate of drug-likeness (QED) is 0.786. The van der Waals surface area contributed by atoms with Gasteiger partial charge in [0.15, 0.2) is 0 Å². The van der Waals surface area contributed by atoms with Crippen LogP contribution in [0.15, 0.2) is 18.6 Å². The highest BCUT2D eigenvalue weighted by Crippen LogP contribution is 2.17. The van der Waals surface area contributed by atoms with Crippen LogP contribution in [0.3, 0.4) is 0 Å². The van der Waals surface area contributed by atoms with E-state index in [2.05, 4.69) is 15.3 Å². The molecule has 0 spiro atoms. The lowest BCUT2D eigenvalue weighted by atomic mass is 9.95. The molecule has 1 aliphatic heterocycles. The first-order chi connectivity index (χ1) is 8.86. The summed E-state index contributed by atoms with van der Waals surface area (Å²) in [6.07, 6.45) is 10.3. The molecule has 2 atom stereocenters. The second-order valence-electron chi connectivity index (χ2n) is 5.00. The van der Waals surface area contributed by atoms with E-state index in [-0.39, 0.29) is 6.10 Å². The molecule has 0 bridgehead atoms. The number of nitrogens with one attached hydrogen (secondary N) is 1. The van der Waals surface area contributed by atoms with Crippen molar-refractivity contribution in [2.75, 3.05) is 19.7 Å². The Hall–Kier alpha value is -1.00. The highest BCUT2D eigenvalue weighted by molar-refractivity contribution is 4.97. The fourth-order valence-corrected chi connectivity index (χ4v) is 2.41. The van der Waals surface area contributed by atoms with E-state index in [0.717, 1.165) is 24.6 Å². The second kappa shape index (κ2) is 7.44. The van der Waals surface area contributed by atoms with Gasteiger partial charge in [0.25, 0.3) is 0 Å². The molecule has 1 N–H and O–H groups in total. The summed E-state index contributed by atoms with van der Waals surface area (Å²) in [5.74, 6) is 0.842. The summed E-state index contributed by atoms with van der Waals surface area (Å²) in [6, 6.07) is 0. The molecule has 4 heteroatoms. The summed E-state index contributed by atoms with van der Waals surface area (Å²) in [5, 5.41) is 3.45. The van der Waals surface area contributed by atoms with Crippen molar-refractivity contribution >= 4 is 0 Å². The Morgan fingerprint density at radius 1 is 1.50 bits per heavy atom. The fourth-order valence-electron chi connectivity index (χ4n) is 2.41. The van der Waals surface area contributed by atoms with Crippen LogP contribution < -0.4 is 5.32 Å². The summed E-state index contributed by atoms with van der Waals surface area (Å²) in [7, 11) is 0. The molecule has 0 unspecified atom stereocenters. The smallest absolute Gasteiger partial charge is 0.0982 e. The van der Waals surface area contributed by atoms with Gasteiger partial charge in [-0.15, -0.1) is 0 Å². The SMILES string of the molecule is C[C@@H](OCCC[C@H]1CCCNC1)c1cnccn1. The molecule has 2 rings (SSSR count). The summed E-state index contributed by atoms with van der Waals surface area (Å²) in [4.78, 5) is 8.31. The maximum atomic E-state index is 5.80. The van der Waals surface area contributed by atoms with Gasteiger partial charge in [0.05, 0.1) is 18.0 Å². The summed E-state index contributed by atoms with van der Waals surface area (Å²) in [5.41, 5.74) is 0.914. The van der Waals surface area contributed by atoms with Gasteiger partial charge in [0.1, 0.15) is 0 Å². The van der Waals surface area contributed by atoms with Crippen LogP contribution in [0.1, 0.15) is 44.4 Å². The lowest BCUT2D eigenvalue weighted by molar-refractivity contribution is 0.0572. The van der Waals surface area contributed by atoms with Crippen LogP contribution in [0, 0.1) is 5.92 Å². The van der Waals surface area contributed by atoms with Gasteiger partial charge in [-0.1, -0.05) is 0 Å². The second-order valence-corrected chi connectivity index (χ2v) is 5.00. The van der Waals surface area contributed by atoms with Crippen molar-refractivity contribution in [2.45, 2.75) is 38.7 Å². The molecule has 1 fully saturated rings. The third-order valence-corrected chi connectivity index (χ3v) is 3.52. The van der Waals surface area contributed by atoms with Gasteiger partial charge in [-0.05, 0) is 51.6 Å². The van der Waals surface area contributed by atoms with Crippen molar-refractivity contribution in [3.63, 3.8) is 0 Å². The van der Waals surface area contributed by atoms with E-state index in [9.17, 15) is 0 Å². The van der Waals surface area contributed by atoms with Crippen LogP contribution in [0.25, 0.3) is 0 Å². The maximum absolute atomic E-state index is 5.80. The Kier molecular flexibility index (Phi) is 5.55. The molecule has 0 aromatic carbocycles. The monoisotopic (exact) mass is 249 g/mol. The average molecular weight is 249 g/mol. The molecule has 0 amide bonds. The van der Waals surface area contributed by atoms with Crippen LogP contribution in [0.4, 0.5) is 0 Å². The largest absolute Gasteiger partial charge is 0.372 e. The van der Waals surface area contributed by atoms with Crippen LogP contribution >= 0.6 is 0 Å². The zero-order valence-electron chi connectivity index (χ0n) is 11.1. The van der Waals surface area contributed by atoms with Gasteiger partial charge >= 0.3 is 0 Å². The Morgan fingerprint density at radius 3 is 3.17 bits per heavy atom.